The Kier molecular flexibility index (Phi) is 9.05. The first-order chi connectivity index (χ1) is 16.5. The van der Waals surface area contributed by atoms with Crippen LogP contribution in [0.2, 0.25) is 0 Å². The maximum atomic E-state index is 12.7. The quantitative estimate of drug-likeness (QED) is 0.435. The van der Waals surface area contributed by atoms with Crippen LogP contribution in [0.5, 0.6) is 11.5 Å². The van der Waals surface area contributed by atoms with Gasteiger partial charge in [0.05, 0.1) is 0 Å². The van der Waals surface area contributed by atoms with Crippen molar-refractivity contribution in [2.75, 3.05) is 43.4 Å². The number of para-hydroxylation sites is 1. The predicted octanol–water partition coefficient (Wildman–Crippen LogP) is 5.22. The normalized spacial score (nSPS) is 10.6. The second-order valence-electron chi connectivity index (χ2n) is 7.76. The monoisotopic (exact) mass is 460 g/mol. The van der Waals surface area contributed by atoms with Crippen LogP contribution < -0.4 is 20.3 Å². The van der Waals surface area contributed by atoms with Gasteiger partial charge in [-0.3, -0.25) is 9.69 Å². The second kappa shape index (κ2) is 12.4. The van der Waals surface area contributed by atoms with Gasteiger partial charge in [0.2, 0.25) is 0 Å². The van der Waals surface area contributed by atoms with E-state index < -0.39 is 0 Å². The summed E-state index contributed by atoms with van der Waals surface area (Å²) in [6.45, 7) is 7.54. The minimum absolute atomic E-state index is 0.125. The average molecular weight is 461 g/mol. The Bertz CT molecular complexity index is 1050. The third-order valence-corrected chi connectivity index (χ3v) is 5.51. The molecular formula is C27H32N4O3. The number of urea groups is 1. The molecule has 0 fully saturated rings. The highest BCUT2D eigenvalue weighted by atomic mass is 16.5. The lowest BCUT2D eigenvalue weighted by atomic mass is 10.2. The molecule has 3 aromatic rings. The number of nitrogens with zero attached hydrogens (tertiary/aromatic N) is 2. The van der Waals surface area contributed by atoms with E-state index in [9.17, 15) is 9.59 Å². The molecule has 3 rings (SSSR count). The Hall–Kier alpha value is -3.84. The molecule has 0 heterocycles. The topological polar surface area (TPSA) is 73.9 Å². The van der Waals surface area contributed by atoms with Crippen molar-refractivity contribution in [3.8, 4) is 11.5 Å². The van der Waals surface area contributed by atoms with Crippen LogP contribution in [0.15, 0.2) is 78.9 Å². The van der Waals surface area contributed by atoms with Gasteiger partial charge in [-0.15, -0.1) is 0 Å². The summed E-state index contributed by atoms with van der Waals surface area (Å²) in [7, 11) is 1.69. The molecule has 0 saturated carbocycles. The molecule has 3 amide bonds. The molecule has 0 aliphatic carbocycles. The van der Waals surface area contributed by atoms with Gasteiger partial charge in [-0.25, -0.2) is 4.79 Å². The van der Waals surface area contributed by atoms with Crippen molar-refractivity contribution in [2.45, 2.75) is 13.8 Å². The summed E-state index contributed by atoms with van der Waals surface area (Å²) < 4.78 is 5.79. The molecule has 0 aliphatic heterocycles. The average Bonchev–Trinajstić information content (AvgIpc) is 2.87. The highest BCUT2D eigenvalue weighted by Gasteiger charge is 2.12. The predicted molar refractivity (Wildman–Crippen MR) is 137 cm³/mol. The number of amides is 3. The molecule has 3 aromatic carbocycles. The molecule has 178 valence electrons. The van der Waals surface area contributed by atoms with E-state index in [-0.39, 0.29) is 11.9 Å². The van der Waals surface area contributed by atoms with E-state index in [1.165, 1.54) is 4.90 Å². The number of hydrogen-bond acceptors (Lipinski definition) is 4. The summed E-state index contributed by atoms with van der Waals surface area (Å²) in [5.74, 6) is 1.32. The van der Waals surface area contributed by atoms with E-state index in [1.807, 2.05) is 54.6 Å². The number of anilines is 2. The van der Waals surface area contributed by atoms with Crippen molar-refractivity contribution in [1.82, 2.24) is 10.2 Å². The smallest absolute Gasteiger partial charge is 0.326 e. The fourth-order valence-corrected chi connectivity index (χ4v) is 3.36. The fourth-order valence-electron chi connectivity index (χ4n) is 3.36. The number of benzene rings is 3. The minimum Gasteiger partial charge on any atom is -0.457 e. The summed E-state index contributed by atoms with van der Waals surface area (Å²) in [5, 5.41) is 5.78. The van der Waals surface area contributed by atoms with Crippen LogP contribution in [-0.4, -0.2) is 50.1 Å². The number of carbonyl (C=O) groups excluding carboxylic acids is 2. The Morgan fingerprint density at radius 1 is 0.824 bits per heavy atom. The summed E-state index contributed by atoms with van der Waals surface area (Å²) in [6.07, 6.45) is 0. The molecule has 34 heavy (non-hydrogen) atoms. The number of likely N-dealkylation sites (N-methyl/N-ethyl adjacent to an activating group) is 1. The largest absolute Gasteiger partial charge is 0.457 e. The summed E-state index contributed by atoms with van der Waals surface area (Å²) >= 11 is 0. The first kappa shape index (κ1) is 24.8. The highest BCUT2D eigenvalue weighted by Crippen LogP contribution is 2.24. The van der Waals surface area contributed by atoms with Gasteiger partial charge in [0.1, 0.15) is 11.5 Å². The van der Waals surface area contributed by atoms with Crippen LogP contribution >= 0.6 is 0 Å². The molecule has 7 nitrogen and oxygen atoms in total. The molecule has 0 aliphatic rings. The van der Waals surface area contributed by atoms with Crippen LogP contribution in [0, 0.1) is 0 Å². The van der Waals surface area contributed by atoms with E-state index in [0.29, 0.717) is 23.5 Å². The zero-order valence-electron chi connectivity index (χ0n) is 20.0. The van der Waals surface area contributed by atoms with E-state index in [4.69, 9.17) is 4.74 Å². The van der Waals surface area contributed by atoms with Gasteiger partial charge < -0.3 is 20.3 Å². The Morgan fingerprint density at radius 2 is 1.44 bits per heavy atom. The number of carbonyl (C=O) groups is 2. The number of nitrogens with one attached hydrogen (secondary N) is 2. The van der Waals surface area contributed by atoms with Crippen molar-refractivity contribution >= 4 is 23.3 Å². The Morgan fingerprint density at radius 3 is 2.06 bits per heavy atom. The summed E-state index contributed by atoms with van der Waals surface area (Å²) in [6, 6.07) is 23.4. The molecule has 2 N–H and O–H groups in total. The zero-order valence-corrected chi connectivity index (χ0v) is 20.0. The molecule has 0 saturated heterocycles. The van der Waals surface area contributed by atoms with E-state index in [1.54, 1.807) is 31.3 Å². The zero-order chi connectivity index (χ0) is 24.3. The number of ether oxygens (including phenoxy) is 1. The highest BCUT2D eigenvalue weighted by molar-refractivity contribution is 6.02. The Balaban J connectivity index is 1.51. The molecule has 0 atom stereocenters. The van der Waals surface area contributed by atoms with E-state index in [0.717, 1.165) is 31.1 Å². The molecule has 0 unspecified atom stereocenters. The molecule has 0 radical (unpaired) electrons. The van der Waals surface area contributed by atoms with Crippen LogP contribution in [-0.2, 0) is 0 Å². The number of rotatable bonds is 10. The standard InChI is InChI=1S/C27H32N4O3/c1-4-31(5-2)20-19-28-26(32)21-11-13-22(14-12-21)29-27(33)30(3)23-15-17-25(18-16-23)34-24-9-7-6-8-10-24/h6-18H,4-5,19-20H2,1-3H3,(H,28,32)(H,29,33). The van der Waals surface area contributed by atoms with Crippen molar-refractivity contribution in [1.29, 1.82) is 0 Å². The van der Waals surface area contributed by atoms with Crippen LogP contribution in [0.3, 0.4) is 0 Å². The van der Waals surface area contributed by atoms with Crippen LogP contribution in [0.25, 0.3) is 0 Å². The first-order valence-electron chi connectivity index (χ1n) is 11.5. The van der Waals surface area contributed by atoms with Crippen LogP contribution in [0.4, 0.5) is 16.2 Å². The van der Waals surface area contributed by atoms with Gasteiger partial charge in [-0.05, 0) is 73.8 Å². The van der Waals surface area contributed by atoms with Gasteiger partial charge in [-0.2, -0.15) is 0 Å². The van der Waals surface area contributed by atoms with Gasteiger partial charge >= 0.3 is 6.03 Å². The van der Waals surface area contributed by atoms with Crippen molar-refractivity contribution in [3.05, 3.63) is 84.4 Å². The molecule has 0 bridgehead atoms. The minimum atomic E-state index is -0.284. The van der Waals surface area contributed by atoms with Gasteiger partial charge in [-0.1, -0.05) is 32.0 Å². The SMILES string of the molecule is CCN(CC)CCNC(=O)c1ccc(NC(=O)N(C)c2ccc(Oc3ccccc3)cc2)cc1. The fraction of sp³-hybridized carbons (Fsp3) is 0.259. The van der Waals surface area contributed by atoms with Crippen LogP contribution in [0.1, 0.15) is 24.2 Å². The molecular weight excluding hydrogens is 428 g/mol. The maximum Gasteiger partial charge on any atom is 0.326 e. The second-order valence-corrected chi connectivity index (χ2v) is 7.76. The van der Waals surface area contributed by atoms with E-state index in [2.05, 4.69) is 29.4 Å². The maximum absolute atomic E-state index is 12.7. The lowest BCUT2D eigenvalue weighted by Gasteiger charge is -2.19. The van der Waals surface area contributed by atoms with Gasteiger partial charge in [0, 0.05) is 37.1 Å². The Labute approximate surface area is 201 Å². The van der Waals surface area contributed by atoms with Crippen molar-refractivity contribution < 1.29 is 14.3 Å². The molecule has 0 aromatic heterocycles. The van der Waals surface area contributed by atoms with Crippen molar-refractivity contribution in [2.24, 2.45) is 0 Å². The van der Waals surface area contributed by atoms with Gasteiger partial charge in [0.15, 0.2) is 0 Å². The summed E-state index contributed by atoms with van der Waals surface area (Å²) in [5.41, 5.74) is 1.89. The third-order valence-electron chi connectivity index (χ3n) is 5.51. The summed E-state index contributed by atoms with van der Waals surface area (Å²) in [4.78, 5) is 28.8. The van der Waals surface area contributed by atoms with Gasteiger partial charge in [0.25, 0.3) is 5.91 Å². The lowest BCUT2D eigenvalue weighted by Crippen LogP contribution is -2.34. The van der Waals surface area contributed by atoms with Crippen molar-refractivity contribution in [3.63, 3.8) is 0 Å². The van der Waals surface area contributed by atoms with E-state index >= 15 is 0 Å². The molecule has 0 spiro atoms. The number of hydrogen-bond donors (Lipinski definition) is 2. The first-order valence-corrected chi connectivity index (χ1v) is 11.5. The molecule has 7 heteroatoms. The lowest BCUT2D eigenvalue weighted by molar-refractivity contribution is 0.0949. The third kappa shape index (κ3) is 7.08.